The third-order valence-corrected chi connectivity index (χ3v) is 3.71. The van der Waals surface area contributed by atoms with Gasteiger partial charge in [0.2, 0.25) is 0 Å². The molecule has 2 amide bonds. The van der Waals surface area contributed by atoms with Crippen LogP contribution in [0, 0.1) is 0 Å². The zero-order valence-electron chi connectivity index (χ0n) is 9.81. The van der Waals surface area contributed by atoms with E-state index in [0.717, 1.165) is 0 Å². The van der Waals surface area contributed by atoms with Gasteiger partial charge in [-0.15, -0.1) is 5.06 Å². The molecule has 0 radical (unpaired) electrons. The molecule has 1 N–H and O–H groups in total. The van der Waals surface area contributed by atoms with E-state index in [9.17, 15) is 14.8 Å². The molecular weight excluding hydrogens is 314 g/mol. The Bertz CT molecular complexity index is 741. The molecule has 0 unspecified atom stereocenters. The molecule has 0 spiro atoms. The van der Waals surface area contributed by atoms with Gasteiger partial charge in [-0.3, -0.25) is 14.8 Å². The first-order valence-electron chi connectivity index (χ1n) is 5.43. The van der Waals surface area contributed by atoms with Crippen LogP contribution in [-0.2, 0) is 0 Å². The maximum Gasteiger partial charge on any atom is 0.285 e. The average molecular weight is 322 g/mol. The van der Waals surface area contributed by atoms with Crippen LogP contribution in [0.3, 0.4) is 0 Å². The molecule has 1 aliphatic rings. The summed E-state index contributed by atoms with van der Waals surface area (Å²) < 4.78 is 5.88. The summed E-state index contributed by atoms with van der Waals surface area (Å²) in [6, 6.07) is 6.55. The second-order valence-electron chi connectivity index (χ2n) is 4.09. The lowest BCUT2D eigenvalue weighted by molar-refractivity contribution is -0.0377. The molecule has 6 heteroatoms. The van der Waals surface area contributed by atoms with Crippen molar-refractivity contribution >= 4 is 38.5 Å². The van der Waals surface area contributed by atoms with Crippen LogP contribution in [0.15, 0.2) is 28.7 Å². The molecule has 96 valence electrons. The van der Waals surface area contributed by atoms with Gasteiger partial charge in [0.15, 0.2) is 0 Å². The standard InChI is InChI=1S/C13H8BrNO4/c1-19-11-6-3-2-4-7-10(6)8(5-9(11)14)13(17)15(18)12(7)16/h2-5,18H,1H3. The van der Waals surface area contributed by atoms with Crippen LogP contribution >= 0.6 is 15.9 Å². The van der Waals surface area contributed by atoms with E-state index >= 15 is 0 Å². The number of amides is 2. The molecular formula is C13H8BrNO4. The van der Waals surface area contributed by atoms with Gasteiger partial charge in [0.05, 0.1) is 22.7 Å². The predicted octanol–water partition coefficient (Wildman–Crippen LogP) is 2.60. The number of nitrogens with zero attached hydrogens (tertiary/aromatic N) is 1. The number of rotatable bonds is 1. The van der Waals surface area contributed by atoms with E-state index in [1.54, 1.807) is 24.3 Å². The van der Waals surface area contributed by atoms with Crippen molar-refractivity contribution in [2.45, 2.75) is 0 Å². The second kappa shape index (κ2) is 4.04. The Morgan fingerprint density at radius 1 is 1.21 bits per heavy atom. The normalized spacial score (nSPS) is 14.2. The van der Waals surface area contributed by atoms with Gasteiger partial charge in [-0.1, -0.05) is 12.1 Å². The van der Waals surface area contributed by atoms with Crippen molar-refractivity contribution in [3.05, 3.63) is 39.9 Å². The van der Waals surface area contributed by atoms with Crippen LogP contribution in [0.2, 0.25) is 0 Å². The zero-order chi connectivity index (χ0) is 13.7. The number of ether oxygens (including phenoxy) is 1. The zero-order valence-corrected chi connectivity index (χ0v) is 11.4. The fourth-order valence-electron chi connectivity index (χ4n) is 2.30. The highest BCUT2D eigenvalue weighted by molar-refractivity contribution is 9.10. The van der Waals surface area contributed by atoms with Crippen molar-refractivity contribution in [1.82, 2.24) is 5.06 Å². The third-order valence-electron chi connectivity index (χ3n) is 3.12. The Kier molecular flexibility index (Phi) is 2.58. The third kappa shape index (κ3) is 1.50. The lowest BCUT2D eigenvalue weighted by atomic mass is 9.94. The largest absolute Gasteiger partial charge is 0.495 e. The molecule has 0 atom stereocenters. The van der Waals surface area contributed by atoms with E-state index in [2.05, 4.69) is 15.9 Å². The first-order valence-corrected chi connectivity index (χ1v) is 6.22. The smallest absolute Gasteiger partial charge is 0.285 e. The number of halogens is 1. The van der Waals surface area contributed by atoms with E-state index in [1.807, 2.05) is 0 Å². The Hall–Kier alpha value is -1.92. The molecule has 19 heavy (non-hydrogen) atoms. The van der Waals surface area contributed by atoms with Crippen LogP contribution in [0.1, 0.15) is 20.7 Å². The maximum atomic E-state index is 12.0. The quantitative estimate of drug-likeness (QED) is 0.647. The summed E-state index contributed by atoms with van der Waals surface area (Å²) in [5.74, 6) is -0.919. The van der Waals surface area contributed by atoms with Gasteiger partial charge in [0.1, 0.15) is 5.75 Å². The summed E-state index contributed by atoms with van der Waals surface area (Å²) >= 11 is 3.32. The lowest BCUT2D eigenvalue weighted by Crippen LogP contribution is -2.37. The van der Waals surface area contributed by atoms with Crippen LogP contribution in [0.4, 0.5) is 0 Å². The van der Waals surface area contributed by atoms with E-state index in [-0.39, 0.29) is 16.2 Å². The van der Waals surface area contributed by atoms with Crippen molar-refractivity contribution in [2.24, 2.45) is 0 Å². The second-order valence-corrected chi connectivity index (χ2v) is 4.94. The number of methoxy groups -OCH3 is 1. The topological polar surface area (TPSA) is 66.8 Å². The van der Waals surface area contributed by atoms with E-state index in [1.165, 1.54) is 7.11 Å². The number of hydrogen-bond donors (Lipinski definition) is 1. The molecule has 5 nitrogen and oxygen atoms in total. The van der Waals surface area contributed by atoms with Gasteiger partial charge < -0.3 is 4.74 Å². The molecule has 0 aliphatic carbocycles. The highest BCUT2D eigenvalue weighted by Crippen LogP contribution is 2.39. The van der Waals surface area contributed by atoms with Crippen molar-refractivity contribution in [2.75, 3.05) is 7.11 Å². The fraction of sp³-hybridized carbons (Fsp3) is 0.0769. The Morgan fingerprint density at radius 3 is 2.58 bits per heavy atom. The SMILES string of the molecule is COc1c(Br)cc2c3c(cccc13)C(=O)N(O)C2=O. The van der Waals surface area contributed by atoms with Crippen molar-refractivity contribution < 1.29 is 19.5 Å². The summed E-state index contributed by atoms with van der Waals surface area (Å²) in [7, 11) is 1.51. The van der Waals surface area contributed by atoms with E-state index in [0.29, 0.717) is 21.0 Å². The van der Waals surface area contributed by atoms with Crippen LogP contribution in [-0.4, -0.2) is 29.2 Å². The minimum absolute atomic E-state index is 0.135. The van der Waals surface area contributed by atoms with Gasteiger partial charge >= 0.3 is 0 Å². The molecule has 2 aromatic rings. The Labute approximate surface area is 116 Å². The summed E-state index contributed by atoms with van der Waals surface area (Å²) in [6.07, 6.45) is 0. The lowest BCUT2D eigenvalue weighted by Gasteiger charge is -2.23. The fourth-order valence-corrected chi connectivity index (χ4v) is 2.90. The minimum Gasteiger partial charge on any atom is -0.495 e. The minimum atomic E-state index is -0.739. The monoisotopic (exact) mass is 321 g/mol. The molecule has 0 bridgehead atoms. The van der Waals surface area contributed by atoms with Crippen molar-refractivity contribution in [1.29, 1.82) is 0 Å². The van der Waals surface area contributed by atoms with Crippen LogP contribution < -0.4 is 4.74 Å². The predicted molar refractivity (Wildman–Crippen MR) is 70.5 cm³/mol. The van der Waals surface area contributed by atoms with Gasteiger partial charge in [-0.25, -0.2) is 0 Å². The number of carbonyl (C=O) groups excluding carboxylic acids is 2. The summed E-state index contributed by atoms with van der Waals surface area (Å²) in [4.78, 5) is 23.9. The Morgan fingerprint density at radius 2 is 1.89 bits per heavy atom. The van der Waals surface area contributed by atoms with Gasteiger partial charge in [0, 0.05) is 10.8 Å². The van der Waals surface area contributed by atoms with Crippen molar-refractivity contribution in [3.63, 3.8) is 0 Å². The number of benzene rings is 2. The molecule has 0 fully saturated rings. The molecule has 0 aromatic heterocycles. The summed E-state index contributed by atoms with van der Waals surface area (Å²) in [5.41, 5.74) is 0.542. The molecule has 1 aliphatic heterocycles. The highest BCUT2D eigenvalue weighted by atomic mass is 79.9. The number of carbonyl (C=O) groups is 2. The average Bonchev–Trinajstić information content (AvgIpc) is 2.42. The van der Waals surface area contributed by atoms with Crippen molar-refractivity contribution in [3.8, 4) is 5.75 Å². The van der Waals surface area contributed by atoms with E-state index < -0.39 is 11.8 Å². The Balaban J connectivity index is 2.53. The van der Waals surface area contributed by atoms with E-state index in [4.69, 9.17) is 4.74 Å². The molecule has 3 rings (SSSR count). The van der Waals surface area contributed by atoms with Gasteiger partial charge in [-0.05, 0) is 28.1 Å². The van der Waals surface area contributed by atoms with Gasteiger partial charge in [0.25, 0.3) is 11.8 Å². The van der Waals surface area contributed by atoms with Gasteiger partial charge in [-0.2, -0.15) is 0 Å². The molecule has 0 saturated heterocycles. The molecule has 0 saturated carbocycles. The maximum absolute atomic E-state index is 12.0. The number of imide groups is 1. The summed E-state index contributed by atoms with van der Waals surface area (Å²) in [5, 5.41) is 10.8. The molecule has 2 aromatic carbocycles. The van der Waals surface area contributed by atoms with Crippen LogP contribution in [0.25, 0.3) is 10.8 Å². The summed E-state index contributed by atoms with van der Waals surface area (Å²) in [6.45, 7) is 0. The number of hydrogen-bond acceptors (Lipinski definition) is 4. The van der Waals surface area contributed by atoms with Crippen LogP contribution in [0.5, 0.6) is 5.75 Å². The first-order chi connectivity index (χ1) is 9.06. The highest BCUT2D eigenvalue weighted by Gasteiger charge is 2.33. The molecule has 1 heterocycles. The first kappa shape index (κ1) is 12.1. The number of hydroxylamine groups is 2.